The number of nitrogens with zero attached hydrogens (tertiary/aromatic N) is 1. The topological polar surface area (TPSA) is 50.5 Å². The van der Waals surface area contributed by atoms with E-state index in [1.165, 1.54) is 0 Å². The maximum absolute atomic E-state index is 12.6. The maximum atomic E-state index is 12.6. The molecular weight excluding hydrogens is 354 g/mol. The van der Waals surface area contributed by atoms with Crippen molar-refractivity contribution in [2.45, 2.75) is 17.4 Å². The molecule has 7 heteroatoms. The average Bonchev–Trinajstić information content (AvgIpc) is 2.93. The van der Waals surface area contributed by atoms with Gasteiger partial charge in [-0.15, -0.1) is 11.8 Å². The van der Waals surface area contributed by atoms with E-state index in [2.05, 4.69) is 0 Å². The summed E-state index contributed by atoms with van der Waals surface area (Å²) in [6.07, 6.45) is 2.42. The predicted octanol–water partition coefficient (Wildman–Crippen LogP) is 3.94. The van der Waals surface area contributed by atoms with Gasteiger partial charge in [-0.2, -0.15) is 0 Å². The number of thioether (sulfide) groups is 1. The highest BCUT2D eigenvalue weighted by molar-refractivity contribution is 7.99. The molecular formula is C16H18ClNO3S2. The summed E-state index contributed by atoms with van der Waals surface area (Å²) < 4.78 is 32.3. The fraction of sp³-hybridized carbons (Fsp3) is 0.375. The minimum absolute atomic E-state index is 0.0141. The molecule has 1 saturated heterocycles. The first kappa shape index (κ1) is 16.9. The Morgan fingerprint density at radius 3 is 2.70 bits per heavy atom. The van der Waals surface area contributed by atoms with Crippen LogP contribution in [0.2, 0.25) is 5.02 Å². The van der Waals surface area contributed by atoms with Gasteiger partial charge < -0.3 is 4.42 Å². The van der Waals surface area contributed by atoms with E-state index in [4.69, 9.17) is 16.0 Å². The Hall–Kier alpha value is -0.950. The number of benzene rings is 1. The lowest BCUT2D eigenvalue weighted by molar-refractivity contribution is 0.416. The molecule has 1 aromatic carbocycles. The Morgan fingerprint density at radius 1 is 1.22 bits per heavy atom. The SMILES string of the molecule is O=S(=O)(Cc1ccc(Cl)cc1)N1CCSC(c2ccco2)CC1. The van der Waals surface area contributed by atoms with E-state index in [0.29, 0.717) is 18.1 Å². The lowest BCUT2D eigenvalue weighted by Gasteiger charge is -2.19. The molecule has 1 atom stereocenters. The van der Waals surface area contributed by atoms with E-state index in [1.807, 2.05) is 12.1 Å². The van der Waals surface area contributed by atoms with Gasteiger partial charge in [0.1, 0.15) is 5.76 Å². The number of furan rings is 1. The number of sulfonamides is 1. The normalized spacial score (nSPS) is 20.3. The highest BCUT2D eigenvalue weighted by atomic mass is 35.5. The van der Waals surface area contributed by atoms with Crippen molar-refractivity contribution in [3.63, 3.8) is 0 Å². The first-order valence-corrected chi connectivity index (χ1v) is 10.5. The molecule has 23 heavy (non-hydrogen) atoms. The van der Waals surface area contributed by atoms with Crippen LogP contribution in [0.15, 0.2) is 47.1 Å². The van der Waals surface area contributed by atoms with Crippen molar-refractivity contribution in [3.8, 4) is 0 Å². The fourth-order valence-electron chi connectivity index (χ4n) is 2.61. The van der Waals surface area contributed by atoms with Crippen molar-refractivity contribution >= 4 is 33.4 Å². The Morgan fingerprint density at radius 2 is 2.00 bits per heavy atom. The van der Waals surface area contributed by atoms with Crippen LogP contribution in [-0.2, 0) is 15.8 Å². The van der Waals surface area contributed by atoms with Crippen molar-refractivity contribution in [1.82, 2.24) is 4.31 Å². The van der Waals surface area contributed by atoms with Crippen molar-refractivity contribution in [1.29, 1.82) is 0 Å². The van der Waals surface area contributed by atoms with Crippen LogP contribution in [0.3, 0.4) is 0 Å². The van der Waals surface area contributed by atoms with E-state index < -0.39 is 10.0 Å². The lowest BCUT2D eigenvalue weighted by Crippen LogP contribution is -2.34. The molecule has 4 nitrogen and oxygen atoms in total. The van der Waals surface area contributed by atoms with E-state index in [0.717, 1.165) is 23.5 Å². The van der Waals surface area contributed by atoms with E-state index in [1.54, 1.807) is 46.6 Å². The van der Waals surface area contributed by atoms with Crippen LogP contribution in [0.25, 0.3) is 0 Å². The summed E-state index contributed by atoms with van der Waals surface area (Å²) in [4.78, 5) is 0. The van der Waals surface area contributed by atoms with Gasteiger partial charge in [-0.25, -0.2) is 12.7 Å². The Balaban J connectivity index is 1.67. The van der Waals surface area contributed by atoms with Crippen molar-refractivity contribution in [2.24, 2.45) is 0 Å². The third kappa shape index (κ3) is 4.32. The molecule has 0 aliphatic carbocycles. The molecule has 1 fully saturated rings. The summed E-state index contributed by atoms with van der Waals surface area (Å²) in [6, 6.07) is 10.8. The van der Waals surface area contributed by atoms with Gasteiger partial charge in [0.05, 0.1) is 17.3 Å². The number of rotatable bonds is 4. The van der Waals surface area contributed by atoms with Crippen LogP contribution in [0.1, 0.15) is 23.0 Å². The molecule has 0 N–H and O–H groups in total. The van der Waals surface area contributed by atoms with E-state index in [-0.39, 0.29) is 11.0 Å². The minimum atomic E-state index is -3.32. The number of hydrogen-bond acceptors (Lipinski definition) is 4. The second-order valence-electron chi connectivity index (χ2n) is 5.45. The van der Waals surface area contributed by atoms with Crippen molar-refractivity contribution < 1.29 is 12.8 Å². The van der Waals surface area contributed by atoms with Crippen molar-refractivity contribution in [3.05, 3.63) is 59.0 Å². The van der Waals surface area contributed by atoms with Gasteiger partial charge in [0.15, 0.2) is 0 Å². The first-order chi connectivity index (χ1) is 11.0. The molecule has 0 bridgehead atoms. The molecule has 0 amide bonds. The summed E-state index contributed by atoms with van der Waals surface area (Å²) in [5.41, 5.74) is 0.758. The zero-order valence-electron chi connectivity index (χ0n) is 12.5. The molecule has 1 unspecified atom stereocenters. The van der Waals surface area contributed by atoms with Crippen LogP contribution < -0.4 is 0 Å². The standard InChI is InChI=1S/C16H18ClNO3S2/c17-14-5-3-13(4-6-14)12-23(19,20)18-8-7-16(22-11-9-18)15-2-1-10-21-15/h1-6,10,16H,7-9,11-12H2. The zero-order valence-corrected chi connectivity index (χ0v) is 14.9. The average molecular weight is 372 g/mol. The van der Waals surface area contributed by atoms with Crippen molar-refractivity contribution in [2.75, 3.05) is 18.8 Å². The number of halogens is 1. The summed E-state index contributed by atoms with van der Waals surface area (Å²) >= 11 is 7.60. The summed E-state index contributed by atoms with van der Waals surface area (Å²) in [5, 5.41) is 0.833. The van der Waals surface area contributed by atoms with Crippen LogP contribution >= 0.6 is 23.4 Å². The van der Waals surface area contributed by atoms with Gasteiger partial charge in [-0.3, -0.25) is 0 Å². The minimum Gasteiger partial charge on any atom is -0.468 e. The molecule has 2 aromatic rings. The van der Waals surface area contributed by atoms with E-state index >= 15 is 0 Å². The van der Waals surface area contributed by atoms with Crippen LogP contribution in [0, 0.1) is 0 Å². The van der Waals surface area contributed by atoms with Crippen LogP contribution in [0.5, 0.6) is 0 Å². The highest BCUT2D eigenvalue weighted by Crippen LogP contribution is 2.35. The monoisotopic (exact) mass is 371 g/mol. The molecule has 1 aliphatic rings. The molecule has 3 rings (SSSR count). The molecule has 0 spiro atoms. The van der Waals surface area contributed by atoms with Crippen LogP contribution in [-0.4, -0.2) is 31.6 Å². The van der Waals surface area contributed by atoms with Gasteiger partial charge in [0.25, 0.3) is 0 Å². The summed E-state index contributed by atoms with van der Waals surface area (Å²) in [7, 11) is -3.32. The molecule has 1 aliphatic heterocycles. The Bertz CT molecular complexity index is 729. The second-order valence-corrected chi connectivity index (χ2v) is 9.16. The fourth-order valence-corrected chi connectivity index (χ4v) is 5.58. The predicted molar refractivity (Wildman–Crippen MR) is 94.2 cm³/mol. The third-order valence-corrected chi connectivity index (χ3v) is 7.21. The first-order valence-electron chi connectivity index (χ1n) is 7.42. The quantitative estimate of drug-likeness (QED) is 0.816. The molecule has 124 valence electrons. The summed E-state index contributed by atoms with van der Waals surface area (Å²) in [6.45, 7) is 1.06. The molecule has 0 saturated carbocycles. The van der Waals surface area contributed by atoms with Gasteiger partial charge in [0.2, 0.25) is 10.0 Å². The van der Waals surface area contributed by atoms with Gasteiger partial charge >= 0.3 is 0 Å². The smallest absolute Gasteiger partial charge is 0.218 e. The lowest BCUT2D eigenvalue weighted by atomic mass is 10.2. The Labute approximate surface area is 145 Å². The Kier molecular flexibility index (Phi) is 5.36. The molecule has 1 aromatic heterocycles. The molecule has 0 radical (unpaired) electrons. The highest BCUT2D eigenvalue weighted by Gasteiger charge is 2.28. The largest absolute Gasteiger partial charge is 0.468 e. The second kappa shape index (κ2) is 7.30. The number of hydrogen-bond donors (Lipinski definition) is 0. The summed E-state index contributed by atoms with van der Waals surface area (Å²) in [5.74, 6) is 1.71. The third-order valence-electron chi connectivity index (χ3n) is 3.82. The zero-order chi connectivity index (χ0) is 16.3. The molecule has 2 heterocycles. The maximum Gasteiger partial charge on any atom is 0.218 e. The van der Waals surface area contributed by atoms with Crippen LogP contribution in [0.4, 0.5) is 0 Å². The van der Waals surface area contributed by atoms with Gasteiger partial charge in [0, 0.05) is 23.9 Å². The van der Waals surface area contributed by atoms with Gasteiger partial charge in [-0.05, 0) is 36.2 Å². The van der Waals surface area contributed by atoms with Gasteiger partial charge in [-0.1, -0.05) is 23.7 Å². The van der Waals surface area contributed by atoms with E-state index in [9.17, 15) is 8.42 Å².